The molecule has 1 saturated heterocycles. The summed E-state index contributed by atoms with van der Waals surface area (Å²) in [4.78, 5) is 2.69. The van der Waals surface area contributed by atoms with Crippen LogP contribution in [0.4, 0.5) is 0 Å². The van der Waals surface area contributed by atoms with Crippen molar-refractivity contribution in [1.29, 1.82) is 0 Å². The zero-order chi connectivity index (χ0) is 13.0. The Kier molecular flexibility index (Phi) is 5.84. The third kappa shape index (κ3) is 3.43. The first-order valence-corrected chi connectivity index (χ1v) is 8.91. The minimum atomic E-state index is 0.744. The summed E-state index contributed by atoms with van der Waals surface area (Å²) in [6, 6.07) is 1.57. The van der Waals surface area contributed by atoms with Crippen LogP contribution in [0.2, 0.25) is 0 Å². The van der Waals surface area contributed by atoms with Crippen LogP contribution in [0.5, 0.6) is 0 Å². The van der Waals surface area contributed by atoms with Gasteiger partial charge in [0.15, 0.2) is 0 Å². The molecule has 106 valence electrons. The van der Waals surface area contributed by atoms with Gasteiger partial charge in [0.1, 0.15) is 0 Å². The smallest absolute Gasteiger partial charge is 0.0194 e. The van der Waals surface area contributed by atoms with Gasteiger partial charge in [0.2, 0.25) is 0 Å². The Labute approximate surface area is 117 Å². The Morgan fingerprint density at radius 2 is 2.11 bits per heavy atom. The number of nitrogens with two attached hydrogens (primary N) is 1. The molecule has 2 aliphatic rings. The summed E-state index contributed by atoms with van der Waals surface area (Å²) in [6.45, 7) is 3.20. The van der Waals surface area contributed by atoms with Gasteiger partial charge in [-0.25, -0.2) is 0 Å². The standard InChI is InChI=1S/C15H30N2S/c1-3-4-12-5-6-13(10-16)15(9-12)17(2)14-7-8-18-11-14/h12-15H,3-11,16H2,1-2H3. The Morgan fingerprint density at radius 1 is 1.28 bits per heavy atom. The van der Waals surface area contributed by atoms with Gasteiger partial charge in [0.25, 0.3) is 0 Å². The molecule has 0 amide bonds. The molecule has 2 fully saturated rings. The van der Waals surface area contributed by atoms with Gasteiger partial charge in [0, 0.05) is 17.8 Å². The zero-order valence-electron chi connectivity index (χ0n) is 12.1. The second-order valence-corrected chi connectivity index (χ2v) is 7.36. The van der Waals surface area contributed by atoms with Gasteiger partial charge in [-0.15, -0.1) is 0 Å². The van der Waals surface area contributed by atoms with E-state index in [9.17, 15) is 0 Å². The molecule has 2 nitrogen and oxygen atoms in total. The van der Waals surface area contributed by atoms with Crippen molar-refractivity contribution in [2.75, 3.05) is 25.1 Å². The summed E-state index contributed by atoms with van der Waals surface area (Å²) in [6.07, 6.45) is 8.31. The van der Waals surface area contributed by atoms with Gasteiger partial charge in [-0.1, -0.05) is 26.2 Å². The highest BCUT2D eigenvalue weighted by molar-refractivity contribution is 7.99. The van der Waals surface area contributed by atoms with Crippen molar-refractivity contribution < 1.29 is 0 Å². The normalized spacial score (nSPS) is 37.3. The van der Waals surface area contributed by atoms with Crippen LogP contribution < -0.4 is 5.73 Å². The van der Waals surface area contributed by atoms with Crippen LogP contribution in [-0.2, 0) is 0 Å². The zero-order valence-corrected chi connectivity index (χ0v) is 12.9. The molecule has 0 aromatic carbocycles. The van der Waals surface area contributed by atoms with Crippen molar-refractivity contribution >= 4 is 11.8 Å². The second kappa shape index (κ2) is 7.16. The molecule has 0 bridgehead atoms. The van der Waals surface area contributed by atoms with Crippen molar-refractivity contribution in [3.8, 4) is 0 Å². The average molecular weight is 270 g/mol. The maximum Gasteiger partial charge on any atom is 0.0194 e. The van der Waals surface area contributed by atoms with Gasteiger partial charge in [0.05, 0.1) is 0 Å². The van der Waals surface area contributed by atoms with E-state index in [4.69, 9.17) is 5.73 Å². The van der Waals surface area contributed by atoms with E-state index in [1.807, 2.05) is 0 Å². The topological polar surface area (TPSA) is 29.3 Å². The van der Waals surface area contributed by atoms with E-state index in [2.05, 4.69) is 30.6 Å². The van der Waals surface area contributed by atoms with E-state index in [-0.39, 0.29) is 0 Å². The molecule has 3 heteroatoms. The SMILES string of the molecule is CCCC1CCC(CN)C(N(C)C2CCSC2)C1. The molecule has 0 aromatic rings. The Morgan fingerprint density at radius 3 is 2.72 bits per heavy atom. The first-order chi connectivity index (χ1) is 8.76. The second-order valence-electron chi connectivity index (χ2n) is 6.21. The van der Waals surface area contributed by atoms with Crippen LogP contribution >= 0.6 is 11.8 Å². The Balaban J connectivity index is 1.95. The van der Waals surface area contributed by atoms with Crippen LogP contribution in [0.15, 0.2) is 0 Å². The lowest BCUT2D eigenvalue weighted by molar-refractivity contribution is 0.0747. The Hall–Kier alpha value is 0.270. The number of rotatable bonds is 5. The minimum absolute atomic E-state index is 0.744. The van der Waals surface area contributed by atoms with Gasteiger partial charge in [-0.3, -0.25) is 4.90 Å². The van der Waals surface area contributed by atoms with Crippen LogP contribution in [-0.4, -0.2) is 42.1 Å². The third-order valence-electron chi connectivity index (χ3n) is 5.07. The predicted octanol–water partition coefficient (Wildman–Crippen LogP) is 2.97. The quantitative estimate of drug-likeness (QED) is 0.833. The number of nitrogens with zero attached hydrogens (tertiary/aromatic N) is 1. The maximum atomic E-state index is 6.02. The Bertz CT molecular complexity index is 241. The molecule has 1 saturated carbocycles. The van der Waals surface area contributed by atoms with Crippen LogP contribution in [0.3, 0.4) is 0 Å². The molecule has 18 heavy (non-hydrogen) atoms. The first-order valence-electron chi connectivity index (χ1n) is 7.76. The predicted molar refractivity (Wildman–Crippen MR) is 82.1 cm³/mol. The van der Waals surface area contributed by atoms with E-state index < -0.39 is 0 Å². The summed E-state index contributed by atoms with van der Waals surface area (Å²) >= 11 is 2.12. The van der Waals surface area contributed by atoms with Gasteiger partial charge < -0.3 is 5.73 Å². The highest BCUT2D eigenvalue weighted by Crippen LogP contribution is 2.36. The molecule has 1 aliphatic heterocycles. The number of thioether (sulfide) groups is 1. The molecule has 4 atom stereocenters. The fraction of sp³-hybridized carbons (Fsp3) is 1.00. The third-order valence-corrected chi connectivity index (χ3v) is 6.21. The van der Waals surface area contributed by atoms with Crippen molar-refractivity contribution in [1.82, 2.24) is 4.90 Å². The van der Waals surface area contributed by atoms with Crippen molar-refractivity contribution in [3.05, 3.63) is 0 Å². The monoisotopic (exact) mass is 270 g/mol. The fourth-order valence-electron chi connectivity index (χ4n) is 3.85. The molecule has 2 N–H and O–H groups in total. The lowest BCUT2D eigenvalue weighted by atomic mass is 9.75. The highest BCUT2D eigenvalue weighted by Gasteiger charge is 2.35. The van der Waals surface area contributed by atoms with E-state index in [0.29, 0.717) is 0 Å². The summed E-state index contributed by atoms with van der Waals surface area (Å²) in [5.74, 6) is 4.39. The molecule has 0 radical (unpaired) electrons. The summed E-state index contributed by atoms with van der Waals surface area (Å²) in [5.41, 5.74) is 6.02. The average Bonchev–Trinajstić information content (AvgIpc) is 2.92. The maximum absolute atomic E-state index is 6.02. The minimum Gasteiger partial charge on any atom is -0.330 e. The van der Waals surface area contributed by atoms with E-state index >= 15 is 0 Å². The lowest BCUT2D eigenvalue weighted by Gasteiger charge is -2.43. The molecule has 1 aliphatic carbocycles. The van der Waals surface area contributed by atoms with Gasteiger partial charge in [-0.05, 0) is 50.4 Å². The molecular weight excluding hydrogens is 240 g/mol. The number of hydrogen-bond acceptors (Lipinski definition) is 3. The number of hydrogen-bond donors (Lipinski definition) is 1. The summed E-state index contributed by atoms with van der Waals surface area (Å²) in [7, 11) is 2.36. The van der Waals surface area contributed by atoms with E-state index in [1.54, 1.807) is 0 Å². The van der Waals surface area contributed by atoms with Crippen LogP contribution in [0, 0.1) is 11.8 Å². The molecular formula is C15H30N2S. The van der Waals surface area contributed by atoms with Crippen LogP contribution in [0.25, 0.3) is 0 Å². The summed E-state index contributed by atoms with van der Waals surface area (Å²) < 4.78 is 0. The van der Waals surface area contributed by atoms with E-state index in [1.165, 1.54) is 50.0 Å². The lowest BCUT2D eigenvalue weighted by Crippen LogP contribution is -2.49. The summed E-state index contributed by atoms with van der Waals surface area (Å²) in [5, 5.41) is 0. The molecule has 2 rings (SSSR count). The van der Waals surface area contributed by atoms with Gasteiger partial charge in [-0.2, -0.15) is 11.8 Å². The molecule has 1 heterocycles. The van der Waals surface area contributed by atoms with Crippen LogP contribution in [0.1, 0.15) is 45.4 Å². The molecule has 4 unspecified atom stereocenters. The molecule has 0 aromatic heterocycles. The largest absolute Gasteiger partial charge is 0.330 e. The van der Waals surface area contributed by atoms with Crippen molar-refractivity contribution in [2.24, 2.45) is 17.6 Å². The van der Waals surface area contributed by atoms with Gasteiger partial charge >= 0.3 is 0 Å². The first kappa shape index (κ1) is 14.7. The van der Waals surface area contributed by atoms with Crippen molar-refractivity contribution in [3.63, 3.8) is 0 Å². The molecule has 0 spiro atoms. The van der Waals surface area contributed by atoms with E-state index in [0.717, 1.165) is 30.5 Å². The highest BCUT2D eigenvalue weighted by atomic mass is 32.2. The fourth-order valence-corrected chi connectivity index (χ4v) is 5.13. The van der Waals surface area contributed by atoms with Crippen molar-refractivity contribution in [2.45, 2.75) is 57.5 Å².